The summed E-state index contributed by atoms with van der Waals surface area (Å²) < 4.78 is 11.0. The number of rotatable bonds is 10. The predicted octanol–water partition coefficient (Wildman–Crippen LogP) is 9.30. The molecule has 3 aromatic heterocycles. The van der Waals surface area contributed by atoms with Crippen molar-refractivity contribution in [1.29, 1.82) is 0 Å². The van der Waals surface area contributed by atoms with Gasteiger partial charge in [-0.05, 0) is 144 Å². The van der Waals surface area contributed by atoms with Gasteiger partial charge >= 0.3 is 12.2 Å². The maximum atomic E-state index is 12.3. The van der Waals surface area contributed by atoms with E-state index < -0.39 is 11.2 Å². The lowest BCUT2D eigenvalue weighted by Gasteiger charge is -2.20. The molecule has 0 radical (unpaired) electrons. The molecule has 4 aliphatic carbocycles. The second-order valence-corrected chi connectivity index (χ2v) is 19.1. The van der Waals surface area contributed by atoms with Gasteiger partial charge in [-0.25, -0.2) is 24.5 Å². The Balaban J connectivity index is 0.774. The van der Waals surface area contributed by atoms with Crippen molar-refractivity contribution in [3.63, 3.8) is 0 Å². The number of alkyl carbamates (subject to hydrolysis) is 2. The first kappa shape index (κ1) is 35.0. The number of aromatic amines is 2. The smallest absolute Gasteiger partial charge is 0.408 e. The van der Waals surface area contributed by atoms with E-state index in [9.17, 15) is 9.59 Å². The number of hydrogen-bond acceptors (Lipinski definition) is 7. The third-order valence-corrected chi connectivity index (χ3v) is 12.6. The molecule has 11 nitrogen and oxygen atoms in total. The summed E-state index contributed by atoms with van der Waals surface area (Å²) in [5.41, 5.74) is 8.28. The van der Waals surface area contributed by atoms with Crippen LogP contribution < -0.4 is 10.6 Å². The zero-order chi connectivity index (χ0) is 38.9. The molecule has 4 N–H and O–H groups in total. The Hall–Kier alpha value is -5.45. The summed E-state index contributed by atoms with van der Waals surface area (Å²) in [6.07, 6.45) is 7.09. The number of carbonyl (C=O) groups is 2. The molecule has 0 aliphatic heterocycles. The number of benzene rings is 3. The summed E-state index contributed by atoms with van der Waals surface area (Å²) in [6, 6.07) is 23.3. The third-order valence-electron chi connectivity index (χ3n) is 12.6. The van der Waals surface area contributed by atoms with Crippen molar-refractivity contribution in [3.05, 3.63) is 78.4 Å². The Morgan fingerprint density at radius 3 is 1.59 bits per heavy atom. The molecule has 0 saturated heterocycles. The van der Waals surface area contributed by atoms with Crippen LogP contribution in [0.1, 0.15) is 91.7 Å². The van der Waals surface area contributed by atoms with E-state index in [0.29, 0.717) is 0 Å². The summed E-state index contributed by atoms with van der Waals surface area (Å²) in [5.74, 6) is 1.95. The van der Waals surface area contributed by atoms with Crippen LogP contribution in [0.25, 0.3) is 55.4 Å². The molecule has 0 atom stereocenters. The van der Waals surface area contributed by atoms with Crippen molar-refractivity contribution >= 4 is 45.2 Å². The summed E-state index contributed by atoms with van der Waals surface area (Å²) in [5, 5.41) is 7.33. The molecule has 4 fully saturated rings. The first-order chi connectivity index (χ1) is 26.5. The third kappa shape index (κ3) is 6.25. The summed E-state index contributed by atoms with van der Waals surface area (Å²) in [4.78, 5) is 46.5. The highest BCUT2D eigenvalue weighted by Gasteiger charge is 2.84. The Labute approximate surface area is 325 Å². The molecule has 0 spiro atoms. The van der Waals surface area contributed by atoms with Crippen molar-refractivity contribution in [2.45, 2.75) is 115 Å². The number of nitrogens with one attached hydrogen (secondary N) is 4. The van der Waals surface area contributed by atoms with Crippen LogP contribution in [-0.2, 0) is 22.3 Å². The van der Waals surface area contributed by atoms with Gasteiger partial charge in [-0.15, -0.1) is 0 Å². The van der Waals surface area contributed by atoms with Crippen LogP contribution in [0.15, 0.2) is 66.7 Å². The number of aromatic nitrogens is 5. The Morgan fingerprint density at radius 2 is 1.07 bits per heavy atom. The van der Waals surface area contributed by atoms with Gasteiger partial charge in [0.05, 0.1) is 44.4 Å². The first-order valence-electron chi connectivity index (χ1n) is 19.9. The van der Waals surface area contributed by atoms with Crippen LogP contribution in [0.5, 0.6) is 0 Å². The van der Waals surface area contributed by atoms with Crippen molar-refractivity contribution in [2.75, 3.05) is 0 Å². The van der Waals surface area contributed by atoms with E-state index in [2.05, 4.69) is 87.3 Å². The number of carbonyl (C=O) groups excluding carboxylic acids is 2. The summed E-state index contributed by atoms with van der Waals surface area (Å²) in [7, 11) is 0. The second-order valence-electron chi connectivity index (χ2n) is 19.1. The molecular formula is C45H49N7O4. The fourth-order valence-corrected chi connectivity index (χ4v) is 9.18. The van der Waals surface area contributed by atoms with Gasteiger partial charge in [-0.2, -0.15) is 0 Å². The molecule has 3 heterocycles. The van der Waals surface area contributed by atoms with Gasteiger partial charge in [0.15, 0.2) is 0 Å². The normalized spacial score (nSPS) is 25.8. The van der Waals surface area contributed by atoms with E-state index in [-0.39, 0.29) is 34.1 Å². The topological polar surface area (TPSA) is 147 Å². The van der Waals surface area contributed by atoms with E-state index >= 15 is 0 Å². The van der Waals surface area contributed by atoms with Gasteiger partial charge in [-0.1, -0.05) is 24.3 Å². The Morgan fingerprint density at radius 1 is 0.607 bits per heavy atom. The molecule has 11 heteroatoms. The summed E-state index contributed by atoms with van der Waals surface area (Å²) >= 11 is 0. The summed E-state index contributed by atoms with van der Waals surface area (Å²) in [6.45, 7) is 11.3. The van der Waals surface area contributed by atoms with Crippen LogP contribution in [0.4, 0.5) is 9.59 Å². The second kappa shape index (κ2) is 11.6. The number of hydrogen-bond donors (Lipinski definition) is 4. The van der Waals surface area contributed by atoms with Crippen molar-refractivity contribution < 1.29 is 19.1 Å². The van der Waals surface area contributed by atoms with Gasteiger partial charge in [0.25, 0.3) is 0 Å². The molecule has 2 amide bonds. The average Bonchev–Trinajstić information content (AvgIpc) is 4.02. The molecule has 4 saturated carbocycles. The lowest BCUT2D eigenvalue weighted by atomic mass is 10.0. The SMILES string of the molecule is CC(C)(C)OC(=O)NC12CC1(CCc1nc3ccc(-c4ccc5nc(-c6ccc7nc(CCC89CC8(NC(=O)OC(C)(C)C)C9)[nH]c7c6)ccc5c4)cc3[nH]1)C2. The fraction of sp³-hybridized carbons (Fsp3) is 0.444. The number of ether oxygens (including phenoxy) is 2. The highest BCUT2D eigenvalue weighted by molar-refractivity contribution is 5.90. The van der Waals surface area contributed by atoms with Crippen molar-refractivity contribution in [1.82, 2.24) is 35.6 Å². The zero-order valence-electron chi connectivity index (χ0n) is 33.0. The lowest BCUT2D eigenvalue weighted by molar-refractivity contribution is 0.0498. The van der Waals surface area contributed by atoms with Crippen LogP contribution in [0.2, 0.25) is 0 Å². The maximum absolute atomic E-state index is 12.3. The quantitative estimate of drug-likeness (QED) is 0.109. The van der Waals surface area contributed by atoms with E-state index in [0.717, 1.165) is 118 Å². The van der Waals surface area contributed by atoms with Crippen LogP contribution >= 0.6 is 0 Å². The molecule has 10 rings (SSSR count). The number of amides is 2. The molecule has 56 heavy (non-hydrogen) atoms. The number of H-pyrrole nitrogens is 2. The van der Waals surface area contributed by atoms with Crippen LogP contribution in [0.3, 0.4) is 0 Å². The Kier molecular flexibility index (Phi) is 7.22. The number of aryl methyl sites for hydroxylation is 2. The Bertz CT molecular complexity index is 2420. The highest BCUT2D eigenvalue weighted by atomic mass is 16.6. The molecular weight excluding hydrogens is 703 g/mol. The van der Waals surface area contributed by atoms with E-state index in [1.54, 1.807) is 0 Å². The molecule has 288 valence electrons. The van der Waals surface area contributed by atoms with Gasteiger partial charge in [0.1, 0.15) is 22.9 Å². The monoisotopic (exact) mass is 751 g/mol. The lowest BCUT2D eigenvalue weighted by Crippen LogP contribution is -2.36. The van der Waals surface area contributed by atoms with Gasteiger partial charge in [0, 0.05) is 23.8 Å². The molecule has 0 bridgehead atoms. The number of pyridine rings is 1. The van der Waals surface area contributed by atoms with Crippen LogP contribution in [0, 0.1) is 10.8 Å². The van der Waals surface area contributed by atoms with Gasteiger partial charge in [0.2, 0.25) is 0 Å². The maximum Gasteiger partial charge on any atom is 0.408 e. The minimum atomic E-state index is -0.496. The largest absolute Gasteiger partial charge is 0.444 e. The van der Waals surface area contributed by atoms with Crippen molar-refractivity contribution in [3.8, 4) is 22.4 Å². The zero-order valence-corrected chi connectivity index (χ0v) is 33.0. The van der Waals surface area contributed by atoms with Crippen LogP contribution in [-0.4, -0.2) is 59.4 Å². The molecule has 0 unspecified atom stereocenters. The molecule has 3 aromatic carbocycles. The first-order valence-corrected chi connectivity index (χ1v) is 19.9. The van der Waals surface area contributed by atoms with Gasteiger partial charge in [-0.3, -0.25) is 0 Å². The van der Waals surface area contributed by atoms with E-state index in [1.807, 2.05) is 41.5 Å². The highest BCUT2D eigenvalue weighted by Crippen LogP contribution is 2.81. The van der Waals surface area contributed by atoms with E-state index in [4.69, 9.17) is 24.4 Å². The number of nitrogens with zero attached hydrogens (tertiary/aromatic N) is 3. The van der Waals surface area contributed by atoms with E-state index in [1.165, 1.54) is 0 Å². The fourth-order valence-electron chi connectivity index (χ4n) is 9.18. The predicted molar refractivity (Wildman–Crippen MR) is 216 cm³/mol. The standard InChI is InChI=1S/C45H49N7O4/c1-40(2,3)55-38(53)51-44-22-42(44,23-44)17-15-36-47-32-13-8-27(20-34(32)49-36)26-7-11-30-28(19-26)9-12-31(46-30)29-10-14-33-35(21-29)50-37(48-33)16-18-43-24-45(43,25-43)52-39(54)56-41(4,5)6/h7-14,19-21H,15-18,22-25H2,1-6H3,(H,47,49)(H,48,50)(H,51,53)(H,52,54). The minimum Gasteiger partial charge on any atom is -0.444 e. The molecule has 4 aliphatic rings. The average molecular weight is 752 g/mol. The minimum absolute atomic E-state index is 0.0794. The number of fused-ring (bicyclic) bond motifs is 5. The number of imidazole rings is 2. The van der Waals surface area contributed by atoms with Crippen molar-refractivity contribution in [2.24, 2.45) is 10.8 Å². The molecule has 6 aromatic rings. The van der Waals surface area contributed by atoms with Gasteiger partial charge < -0.3 is 30.1 Å².